The van der Waals surface area contributed by atoms with Gasteiger partial charge in [-0.3, -0.25) is 29.3 Å². The number of aromatic amines is 1. The number of nitrogens with one attached hydrogen (secondary N) is 2. The van der Waals surface area contributed by atoms with Crippen molar-refractivity contribution in [3.05, 3.63) is 20.8 Å². The third kappa shape index (κ3) is 4.91. The summed E-state index contributed by atoms with van der Waals surface area (Å²) in [5.41, 5.74) is -3.92. The Morgan fingerprint density at radius 1 is 1.27 bits per heavy atom. The van der Waals surface area contributed by atoms with Crippen molar-refractivity contribution in [2.24, 2.45) is 0 Å². The number of hydrogen-bond donors (Lipinski definition) is 2. The third-order valence-corrected chi connectivity index (χ3v) is 4.84. The van der Waals surface area contributed by atoms with Crippen molar-refractivity contribution in [1.82, 2.24) is 19.1 Å². The number of hydrogen-bond acceptors (Lipinski definition) is 7. The van der Waals surface area contributed by atoms with Gasteiger partial charge in [0.1, 0.15) is 6.54 Å². The number of halogens is 4. The molecule has 182 valence electrons. The number of imidazole rings is 1. The molecule has 0 saturated carbocycles. The number of ether oxygens (including phenoxy) is 2. The van der Waals surface area contributed by atoms with Crippen LogP contribution >= 0.6 is 0 Å². The Hall–Kier alpha value is -3.23. The highest BCUT2D eigenvalue weighted by Gasteiger charge is 2.49. The molecule has 1 amide bonds. The van der Waals surface area contributed by atoms with E-state index in [1.807, 2.05) is 0 Å². The number of alkyl halides is 4. The second-order valence-corrected chi connectivity index (χ2v) is 7.49. The third-order valence-electron chi connectivity index (χ3n) is 4.84. The van der Waals surface area contributed by atoms with Crippen molar-refractivity contribution in [3.63, 3.8) is 0 Å². The van der Waals surface area contributed by atoms with Gasteiger partial charge in [-0.05, 0) is 6.42 Å². The molecule has 0 radical (unpaired) electrons. The number of rotatable bonds is 6. The fraction of sp³-hybridized carbons (Fsp3) is 0.611. The smallest absolute Gasteiger partial charge is 0.406 e. The molecule has 1 aliphatic rings. The van der Waals surface area contributed by atoms with E-state index in [9.17, 15) is 32.3 Å². The largest absolute Gasteiger partial charge is 0.454 e. The lowest BCUT2D eigenvalue weighted by molar-refractivity contribution is -0.154. The molecule has 11 nitrogen and oxygen atoms in total. The lowest BCUT2D eigenvalue weighted by Gasteiger charge is -2.20. The molecule has 0 spiro atoms. The first-order chi connectivity index (χ1) is 15.3. The van der Waals surface area contributed by atoms with E-state index in [1.54, 1.807) is 6.92 Å². The molecule has 0 aromatic carbocycles. The van der Waals surface area contributed by atoms with Gasteiger partial charge in [0.25, 0.3) is 5.56 Å². The molecule has 15 heteroatoms. The predicted octanol–water partition coefficient (Wildman–Crippen LogP) is 1.37. The maximum Gasteiger partial charge on any atom is 0.406 e. The Bertz CT molecular complexity index is 1190. The summed E-state index contributed by atoms with van der Waals surface area (Å²) in [6, 6.07) is 0. The Balaban J connectivity index is 2.29. The maximum absolute atomic E-state index is 15.0. The lowest BCUT2D eigenvalue weighted by atomic mass is 10.1. The molecule has 3 rings (SSSR count). The first-order valence-corrected chi connectivity index (χ1v) is 9.90. The number of aromatic nitrogens is 4. The molecular weight excluding hydrogens is 458 g/mol. The summed E-state index contributed by atoms with van der Waals surface area (Å²) in [7, 11) is 0. The summed E-state index contributed by atoms with van der Waals surface area (Å²) < 4.78 is 65.8. The van der Waals surface area contributed by atoms with Gasteiger partial charge in [-0.1, -0.05) is 13.3 Å². The highest BCUT2D eigenvalue weighted by Crippen LogP contribution is 2.36. The average molecular weight is 479 g/mol. The number of H-pyrrole nitrogens is 1. The molecule has 0 unspecified atom stereocenters. The van der Waals surface area contributed by atoms with Gasteiger partial charge in [-0.25, -0.2) is 13.8 Å². The van der Waals surface area contributed by atoms with E-state index in [2.05, 4.69) is 15.3 Å². The van der Waals surface area contributed by atoms with E-state index in [1.165, 1.54) is 0 Å². The SMILES string of the molecule is CCC[C@H]1O[C@@H](n2c(=O)n(CC(F)(F)F)c3c(=O)[nH]c(NC(C)=O)nc32)[C@H](OC(C)=O)[C@H]1F. The highest BCUT2D eigenvalue weighted by molar-refractivity contribution is 5.87. The van der Waals surface area contributed by atoms with Crippen LogP contribution in [0.25, 0.3) is 11.2 Å². The quantitative estimate of drug-likeness (QED) is 0.472. The van der Waals surface area contributed by atoms with Crippen LogP contribution in [0.1, 0.15) is 39.8 Å². The van der Waals surface area contributed by atoms with Crippen molar-refractivity contribution in [3.8, 4) is 0 Å². The minimum Gasteiger partial charge on any atom is -0.454 e. The first-order valence-electron chi connectivity index (χ1n) is 9.90. The topological polar surface area (TPSA) is 137 Å². The molecule has 1 fully saturated rings. The summed E-state index contributed by atoms with van der Waals surface area (Å²) in [6.07, 6.45) is -10.7. The number of esters is 1. The molecule has 2 aromatic heterocycles. The summed E-state index contributed by atoms with van der Waals surface area (Å²) in [6.45, 7) is 1.96. The van der Waals surface area contributed by atoms with Gasteiger partial charge in [0, 0.05) is 13.8 Å². The first kappa shape index (κ1) is 24.4. The molecule has 2 N–H and O–H groups in total. The minimum absolute atomic E-state index is 0.118. The van der Waals surface area contributed by atoms with Crippen LogP contribution in [-0.4, -0.2) is 55.5 Å². The molecule has 33 heavy (non-hydrogen) atoms. The van der Waals surface area contributed by atoms with Crippen LogP contribution in [0.2, 0.25) is 0 Å². The molecule has 2 aromatic rings. The monoisotopic (exact) mass is 479 g/mol. The fourth-order valence-electron chi connectivity index (χ4n) is 3.70. The van der Waals surface area contributed by atoms with Gasteiger partial charge >= 0.3 is 17.8 Å². The van der Waals surface area contributed by atoms with Gasteiger partial charge in [-0.2, -0.15) is 18.2 Å². The summed E-state index contributed by atoms with van der Waals surface area (Å²) >= 11 is 0. The highest BCUT2D eigenvalue weighted by atomic mass is 19.4. The number of anilines is 1. The summed E-state index contributed by atoms with van der Waals surface area (Å²) in [4.78, 5) is 54.5. The number of amides is 1. The lowest BCUT2D eigenvalue weighted by Crippen LogP contribution is -2.38. The van der Waals surface area contributed by atoms with Crippen LogP contribution in [0.4, 0.5) is 23.5 Å². The van der Waals surface area contributed by atoms with E-state index in [-0.39, 0.29) is 11.0 Å². The molecule has 4 atom stereocenters. The van der Waals surface area contributed by atoms with Crippen molar-refractivity contribution >= 4 is 29.0 Å². The molecule has 0 aliphatic carbocycles. The number of carbonyl (C=O) groups excluding carboxylic acids is 2. The van der Waals surface area contributed by atoms with Gasteiger partial charge in [0.05, 0.1) is 6.10 Å². The second kappa shape index (κ2) is 8.96. The normalized spacial score (nSPS) is 23.1. The Morgan fingerprint density at radius 2 is 1.94 bits per heavy atom. The average Bonchev–Trinajstić information content (AvgIpc) is 3.09. The maximum atomic E-state index is 15.0. The molecular formula is C18H21F4N5O6. The zero-order chi connectivity index (χ0) is 24.7. The molecule has 3 heterocycles. The Kier molecular flexibility index (Phi) is 6.63. The van der Waals surface area contributed by atoms with E-state index in [4.69, 9.17) is 9.47 Å². The van der Waals surface area contributed by atoms with E-state index >= 15 is 4.39 Å². The molecule has 1 saturated heterocycles. The van der Waals surface area contributed by atoms with E-state index in [0.717, 1.165) is 13.8 Å². The zero-order valence-electron chi connectivity index (χ0n) is 17.7. The van der Waals surface area contributed by atoms with Crippen molar-refractivity contribution < 1.29 is 36.6 Å². The summed E-state index contributed by atoms with van der Waals surface area (Å²) in [5, 5.41) is 2.16. The van der Waals surface area contributed by atoms with Crippen LogP contribution < -0.4 is 16.6 Å². The van der Waals surface area contributed by atoms with Gasteiger partial charge < -0.3 is 9.47 Å². The predicted molar refractivity (Wildman–Crippen MR) is 104 cm³/mol. The zero-order valence-corrected chi connectivity index (χ0v) is 17.7. The Labute approximate surface area is 182 Å². The molecule has 0 bridgehead atoms. The van der Waals surface area contributed by atoms with Gasteiger partial charge in [0.2, 0.25) is 11.9 Å². The number of nitrogens with zero attached hydrogens (tertiary/aromatic N) is 3. The van der Waals surface area contributed by atoms with Crippen LogP contribution in [-0.2, 0) is 25.6 Å². The Morgan fingerprint density at radius 3 is 2.48 bits per heavy atom. The fourth-order valence-corrected chi connectivity index (χ4v) is 3.70. The minimum atomic E-state index is -4.90. The van der Waals surface area contributed by atoms with E-state index < -0.39 is 77.6 Å². The standard InChI is InChI=1S/C18H21F4N5O6/c1-4-5-9-10(19)12(32-8(3)29)15(33-9)27-13-11(26(17(27)31)6-18(20,21)22)14(30)25-16(24-13)23-7(2)28/h9-10,12,15H,4-6H2,1-3H3,(H2,23,24,25,28,30)/t9-,10+,12-,15-/m1/s1. The van der Waals surface area contributed by atoms with Crippen LogP contribution in [0.5, 0.6) is 0 Å². The van der Waals surface area contributed by atoms with Crippen molar-refractivity contribution in [2.75, 3.05) is 5.32 Å². The summed E-state index contributed by atoms with van der Waals surface area (Å²) in [5.74, 6) is -2.03. The van der Waals surface area contributed by atoms with Crippen LogP contribution in [0.3, 0.4) is 0 Å². The number of carbonyl (C=O) groups is 2. The molecule has 1 aliphatic heterocycles. The van der Waals surface area contributed by atoms with Crippen molar-refractivity contribution in [1.29, 1.82) is 0 Å². The number of fused-ring (bicyclic) bond motifs is 1. The second-order valence-electron chi connectivity index (χ2n) is 7.49. The van der Waals surface area contributed by atoms with Gasteiger partial charge in [-0.15, -0.1) is 0 Å². The van der Waals surface area contributed by atoms with Gasteiger partial charge in [0.15, 0.2) is 29.7 Å². The van der Waals surface area contributed by atoms with Crippen molar-refractivity contribution in [2.45, 2.75) is 70.9 Å². The van der Waals surface area contributed by atoms with Crippen LogP contribution in [0.15, 0.2) is 9.59 Å². The van der Waals surface area contributed by atoms with E-state index in [0.29, 0.717) is 11.0 Å². The van der Waals surface area contributed by atoms with Crippen LogP contribution in [0, 0.1) is 0 Å².